The molecule has 0 bridgehead atoms. The summed E-state index contributed by atoms with van der Waals surface area (Å²) in [5.74, 6) is 2.03. The Kier molecular flexibility index (Phi) is 8.50. The van der Waals surface area contributed by atoms with Gasteiger partial charge in [0.25, 0.3) is 0 Å². The van der Waals surface area contributed by atoms with E-state index in [1.807, 2.05) is 0 Å². The number of rotatable bonds is 11. The zero-order chi connectivity index (χ0) is 16.4. The number of aromatic nitrogens is 3. The third-order valence-electron chi connectivity index (χ3n) is 3.56. The Hall–Kier alpha value is -1.63. The summed E-state index contributed by atoms with van der Waals surface area (Å²) in [5.41, 5.74) is 6.27. The zero-order valence-corrected chi connectivity index (χ0v) is 14.7. The van der Waals surface area contributed by atoms with Gasteiger partial charge in [0.2, 0.25) is 17.8 Å². The summed E-state index contributed by atoms with van der Waals surface area (Å²) in [6, 6.07) is 0. The molecule has 0 unspecified atom stereocenters. The minimum atomic E-state index is 0.579. The van der Waals surface area contributed by atoms with Gasteiger partial charge in [0.05, 0.1) is 0 Å². The minimum absolute atomic E-state index is 0.579. The number of nitrogens with one attached hydrogen (secondary N) is 2. The lowest BCUT2D eigenvalue weighted by molar-refractivity contribution is 0.693. The van der Waals surface area contributed by atoms with Crippen molar-refractivity contribution in [2.75, 3.05) is 47.9 Å². The van der Waals surface area contributed by atoms with Crippen LogP contribution in [0.1, 0.15) is 47.5 Å². The van der Waals surface area contributed by atoms with Gasteiger partial charge in [-0.05, 0) is 34.1 Å². The van der Waals surface area contributed by atoms with Crippen LogP contribution >= 0.6 is 0 Å². The van der Waals surface area contributed by atoms with E-state index in [4.69, 9.17) is 0 Å². The third kappa shape index (κ3) is 5.29. The minimum Gasteiger partial charge on any atom is -0.341 e. The number of unbranched alkanes of at least 4 members (excludes halogenated alkanes) is 1. The van der Waals surface area contributed by atoms with Crippen molar-refractivity contribution in [2.24, 2.45) is 0 Å². The SMILES string of the molecule is CCCCNNc1nc(N(CC)CC)nc(N(CC)CC)n1. The molecule has 1 heterocycles. The highest BCUT2D eigenvalue weighted by Crippen LogP contribution is 2.16. The molecule has 0 fully saturated rings. The lowest BCUT2D eigenvalue weighted by atomic mass is 10.3. The molecule has 2 N–H and O–H groups in total. The number of nitrogens with zero attached hydrogens (tertiary/aromatic N) is 5. The monoisotopic (exact) mass is 309 g/mol. The van der Waals surface area contributed by atoms with E-state index in [9.17, 15) is 0 Å². The highest BCUT2D eigenvalue weighted by atomic mass is 15.4. The first-order valence-electron chi connectivity index (χ1n) is 8.44. The molecule has 7 nitrogen and oxygen atoms in total. The lowest BCUT2D eigenvalue weighted by Gasteiger charge is -2.23. The quantitative estimate of drug-likeness (QED) is 0.480. The average molecular weight is 309 g/mol. The van der Waals surface area contributed by atoms with Gasteiger partial charge in [-0.1, -0.05) is 13.3 Å². The summed E-state index contributed by atoms with van der Waals surface area (Å²) >= 11 is 0. The van der Waals surface area contributed by atoms with E-state index < -0.39 is 0 Å². The second-order valence-electron chi connectivity index (χ2n) is 5.01. The van der Waals surface area contributed by atoms with E-state index in [0.717, 1.165) is 57.5 Å². The summed E-state index contributed by atoms with van der Waals surface area (Å²) in [7, 11) is 0. The van der Waals surface area contributed by atoms with Crippen molar-refractivity contribution in [3.63, 3.8) is 0 Å². The summed E-state index contributed by atoms with van der Waals surface area (Å²) in [4.78, 5) is 17.9. The topological polar surface area (TPSA) is 69.2 Å². The fourth-order valence-corrected chi connectivity index (χ4v) is 2.11. The second kappa shape index (κ2) is 10.2. The standard InChI is InChI=1S/C15H31N7/c1-6-11-12-16-20-13-17-14(21(7-2)8-3)19-15(18-13)22(9-4)10-5/h16H,6-12H2,1-5H3,(H,17,18,19,20). The largest absolute Gasteiger partial charge is 0.341 e. The Morgan fingerprint density at radius 3 is 1.68 bits per heavy atom. The van der Waals surface area contributed by atoms with Crippen LogP contribution in [0.2, 0.25) is 0 Å². The van der Waals surface area contributed by atoms with Gasteiger partial charge in [-0.25, -0.2) is 5.43 Å². The van der Waals surface area contributed by atoms with E-state index in [1.165, 1.54) is 0 Å². The molecule has 126 valence electrons. The highest BCUT2D eigenvalue weighted by molar-refractivity contribution is 5.44. The Labute approximate surface area is 134 Å². The molecule has 22 heavy (non-hydrogen) atoms. The van der Waals surface area contributed by atoms with Crippen molar-refractivity contribution in [1.29, 1.82) is 0 Å². The first-order chi connectivity index (χ1) is 10.7. The molecule has 0 aliphatic carbocycles. The summed E-state index contributed by atoms with van der Waals surface area (Å²) < 4.78 is 0. The van der Waals surface area contributed by atoms with E-state index in [1.54, 1.807) is 0 Å². The van der Waals surface area contributed by atoms with Crippen LogP contribution in [0.4, 0.5) is 17.8 Å². The molecule has 0 aliphatic rings. The zero-order valence-electron chi connectivity index (χ0n) is 14.7. The van der Waals surface area contributed by atoms with E-state index in [-0.39, 0.29) is 0 Å². The molecule has 1 aromatic rings. The maximum absolute atomic E-state index is 4.62. The molecule has 0 aromatic carbocycles. The fourth-order valence-electron chi connectivity index (χ4n) is 2.11. The normalized spacial score (nSPS) is 10.6. The van der Waals surface area contributed by atoms with Crippen LogP contribution in [0.3, 0.4) is 0 Å². The smallest absolute Gasteiger partial charge is 0.243 e. The lowest BCUT2D eigenvalue weighted by Crippen LogP contribution is -2.31. The van der Waals surface area contributed by atoms with E-state index in [2.05, 4.69) is 70.2 Å². The van der Waals surface area contributed by atoms with Crippen molar-refractivity contribution < 1.29 is 0 Å². The van der Waals surface area contributed by atoms with Gasteiger partial charge in [-0.2, -0.15) is 15.0 Å². The van der Waals surface area contributed by atoms with E-state index in [0.29, 0.717) is 5.95 Å². The van der Waals surface area contributed by atoms with Crippen molar-refractivity contribution in [2.45, 2.75) is 47.5 Å². The van der Waals surface area contributed by atoms with Crippen LogP contribution < -0.4 is 20.7 Å². The fraction of sp³-hybridized carbons (Fsp3) is 0.800. The molecule has 1 aromatic heterocycles. The van der Waals surface area contributed by atoms with Crippen LogP contribution in [-0.2, 0) is 0 Å². The Morgan fingerprint density at radius 2 is 1.27 bits per heavy atom. The molecule has 0 atom stereocenters. The van der Waals surface area contributed by atoms with Crippen molar-refractivity contribution in [3.05, 3.63) is 0 Å². The van der Waals surface area contributed by atoms with Crippen LogP contribution in [0, 0.1) is 0 Å². The average Bonchev–Trinajstić information content (AvgIpc) is 2.54. The molecular formula is C15H31N7. The molecule has 0 aliphatic heterocycles. The molecule has 7 heteroatoms. The second-order valence-corrected chi connectivity index (χ2v) is 5.01. The Bertz CT molecular complexity index is 386. The number of anilines is 3. The number of hydrogen-bond acceptors (Lipinski definition) is 7. The van der Waals surface area contributed by atoms with Gasteiger partial charge >= 0.3 is 0 Å². The predicted octanol–water partition coefficient (Wildman–Crippen LogP) is 2.28. The maximum atomic E-state index is 4.62. The third-order valence-corrected chi connectivity index (χ3v) is 3.56. The molecule has 0 saturated carbocycles. The molecular weight excluding hydrogens is 278 g/mol. The number of hydrogen-bond donors (Lipinski definition) is 2. The first kappa shape index (κ1) is 18.4. The molecule has 0 radical (unpaired) electrons. The molecule has 1 rings (SSSR count). The van der Waals surface area contributed by atoms with Crippen LogP contribution in [0.25, 0.3) is 0 Å². The molecule has 0 spiro atoms. The van der Waals surface area contributed by atoms with Crippen LogP contribution in [0.15, 0.2) is 0 Å². The first-order valence-corrected chi connectivity index (χ1v) is 8.44. The van der Waals surface area contributed by atoms with Crippen molar-refractivity contribution in [1.82, 2.24) is 20.4 Å². The van der Waals surface area contributed by atoms with Gasteiger partial charge in [0.15, 0.2) is 0 Å². The van der Waals surface area contributed by atoms with Gasteiger partial charge < -0.3 is 9.80 Å². The van der Waals surface area contributed by atoms with E-state index >= 15 is 0 Å². The van der Waals surface area contributed by atoms with Gasteiger partial charge in [-0.15, -0.1) is 0 Å². The number of hydrazine groups is 1. The Balaban J connectivity index is 2.98. The molecule has 0 amide bonds. The Morgan fingerprint density at radius 1 is 0.773 bits per heavy atom. The van der Waals surface area contributed by atoms with Crippen molar-refractivity contribution >= 4 is 17.8 Å². The van der Waals surface area contributed by atoms with Gasteiger partial charge in [0.1, 0.15) is 0 Å². The summed E-state index contributed by atoms with van der Waals surface area (Å²) in [6.07, 6.45) is 2.27. The van der Waals surface area contributed by atoms with Crippen molar-refractivity contribution in [3.8, 4) is 0 Å². The summed E-state index contributed by atoms with van der Waals surface area (Å²) in [5, 5.41) is 0. The highest BCUT2D eigenvalue weighted by Gasteiger charge is 2.14. The van der Waals surface area contributed by atoms with Crippen LogP contribution in [-0.4, -0.2) is 47.7 Å². The van der Waals surface area contributed by atoms with Gasteiger partial charge in [0, 0.05) is 32.7 Å². The predicted molar refractivity (Wildman–Crippen MR) is 93.5 cm³/mol. The maximum Gasteiger partial charge on any atom is 0.243 e. The van der Waals surface area contributed by atoms with Gasteiger partial charge in [-0.3, -0.25) is 5.43 Å². The van der Waals surface area contributed by atoms with Crippen LogP contribution in [0.5, 0.6) is 0 Å². The molecule has 0 saturated heterocycles. The summed E-state index contributed by atoms with van der Waals surface area (Å²) in [6.45, 7) is 15.0.